The molecular formula is C17H14N4OS. The molecule has 0 saturated heterocycles. The predicted octanol–water partition coefficient (Wildman–Crippen LogP) is 4.40. The maximum Gasteiger partial charge on any atom is 0.196 e. The van der Waals surface area contributed by atoms with Gasteiger partial charge in [-0.3, -0.25) is 0 Å². The molecule has 23 heavy (non-hydrogen) atoms. The van der Waals surface area contributed by atoms with E-state index in [1.165, 1.54) is 12.8 Å². The van der Waals surface area contributed by atoms with Crippen molar-refractivity contribution >= 4 is 39.2 Å². The van der Waals surface area contributed by atoms with Crippen molar-refractivity contribution in [3.63, 3.8) is 0 Å². The van der Waals surface area contributed by atoms with E-state index in [1.54, 1.807) is 17.7 Å². The van der Waals surface area contributed by atoms with E-state index < -0.39 is 0 Å². The zero-order chi connectivity index (χ0) is 15.2. The van der Waals surface area contributed by atoms with Crippen LogP contribution in [-0.4, -0.2) is 15.0 Å². The van der Waals surface area contributed by atoms with Gasteiger partial charge in [-0.05, 0) is 30.9 Å². The third-order valence-electron chi connectivity index (χ3n) is 4.26. The van der Waals surface area contributed by atoms with Gasteiger partial charge in [-0.1, -0.05) is 12.1 Å². The van der Waals surface area contributed by atoms with E-state index in [0.717, 1.165) is 32.9 Å². The zero-order valence-electron chi connectivity index (χ0n) is 12.3. The second kappa shape index (κ2) is 5.03. The van der Waals surface area contributed by atoms with Gasteiger partial charge in [0.2, 0.25) is 0 Å². The molecule has 1 aliphatic rings. The molecule has 0 bridgehead atoms. The molecule has 1 aliphatic carbocycles. The van der Waals surface area contributed by atoms with Crippen LogP contribution in [0, 0.1) is 5.92 Å². The van der Waals surface area contributed by atoms with E-state index in [2.05, 4.69) is 20.3 Å². The molecule has 1 atom stereocenters. The van der Waals surface area contributed by atoms with Crippen LogP contribution < -0.4 is 5.32 Å². The number of aromatic nitrogens is 3. The quantitative estimate of drug-likeness (QED) is 0.603. The first-order chi connectivity index (χ1) is 11.4. The molecule has 3 aromatic heterocycles. The van der Waals surface area contributed by atoms with Crippen LogP contribution in [0.5, 0.6) is 0 Å². The summed E-state index contributed by atoms with van der Waals surface area (Å²) < 4.78 is 6.00. The third-order valence-corrected chi connectivity index (χ3v) is 5.12. The highest BCUT2D eigenvalue weighted by atomic mass is 32.1. The minimum Gasteiger partial charge on any atom is -0.450 e. The number of anilines is 1. The Hall–Kier alpha value is -2.47. The Bertz CT molecular complexity index is 975. The number of rotatable bonds is 4. The molecule has 114 valence electrons. The van der Waals surface area contributed by atoms with Crippen LogP contribution in [0.1, 0.15) is 23.9 Å². The van der Waals surface area contributed by atoms with Crippen molar-refractivity contribution in [2.75, 3.05) is 5.32 Å². The van der Waals surface area contributed by atoms with Crippen LogP contribution >= 0.6 is 11.3 Å². The van der Waals surface area contributed by atoms with Crippen molar-refractivity contribution in [3.8, 4) is 0 Å². The van der Waals surface area contributed by atoms with Crippen molar-refractivity contribution in [2.45, 2.75) is 18.9 Å². The normalized spacial score (nSPS) is 16.0. The first kappa shape index (κ1) is 13.0. The van der Waals surface area contributed by atoms with E-state index in [9.17, 15) is 0 Å². The summed E-state index contributed by atoms with van der Waals surface area (Å²) in [6.45, 7) is 0. The number of nitrogens with zero attached hydrogens (tertiary/aromatic N) is 3. The number of nitrogens with one attached hydrogen (secondary N) is 1. The summed E-state index contributed by atoms with van der Waals surface area (Å²) in [6.07, 6.45) is 5.91. The summed E-state index contributed by atoms with van der Waals surface area (Å²) in [5.74, 6) is 1.37. The van der Waals surface area contributed by atoms with Crippen LogP contribution in [0.25, 0.3) is 22.1 Å². The second-order valence-corrected chi connectivity index (χ2v) is 6.75. The fraction of sp³-hybridized carbons (Fsp3) is 0.235. The molecule has 1 unspecified atom stereocenters. The van der Waals surface area contributed by atoms with Gasteiger partial charge >= 0.3 is 0 Å². The number of fused-ring (bicyclic) bond motifs is 3. The molecule has 5 rings (SSSR count). The van der Waals surface area contributed by atoms with Crippen LogP contribution in [0.4, 0.5) is 5.82 Å². The van der Waals surface area contributed by atoms with Gasteiger partial charge in [-0.25, -0.2) is 15.0 Å². The SMILES string of the molecule is c1ccc2c(c1)oc1c(NC(c3nccs3)C3CC3)ncnc12. The first-order valence-corrected chi connectivity index (χ1v) is 8.56. The topological polar surface area (TPSA) is 63.8 Å². The summed E-state index contributed by atoms with van der Waals surface area (Å²) in [7, 11) is 0. The molecule has 1 saturated carbocycles. The van der Waals surface area contributed by atoms with Gasteiger partial charge in [-0.15, -0.1) is 11.3 Å². The van der Waals surface area contributed by atoms with Crippen LogP contribution in [0.15, 0.2) is 46.6 Å². The highest BCUT2D eigenvalue weighted by Crippen LogP contribution is 2.44. The molecule has 3 heterocycles. The second-order valence-electron chi connectivity index (χ2n) is 5.83. The number of para-hydroxylation sites is 1. The fourth-order valence-electron chi connectivity index (χ4n) is 2.97. The minimum atomic E-state index is 0.196. The summed E-state index contributed by atoms with van der Waals surface area (Å²) in [4.78, 5) is 13.3. The number of hydrogen-bond donors (Lipinski definition) is 1. The molecule has 4 aromatic rings. The zero-order valence-corrected chi connectivity index (χ0v) is 13.1. The lowest BCUT2D eigenvalue weighted by molar-refractivity contribution is 0.649. The molecule has 5 nitrogen and oxygen atoms in total. The van der Waals surface area contributed by atoms with Gasteiger partial charge in [0.25, 0.3) is 0 Å². The standard InChI is InChI=1S/C17H14N4OS/c1-2-4-12-11(3-1)14-15(22-12)16(20-9-19-14)21-13(10-5-6-10)17-18-7-8-23-17/h1-4,7-10,13H,5-6H2,(H,19,20,21). The maximum atomic E-state index is 6.00. The number of furan rings is 1. The minimum absolute atomic E-state index is 0.196. The van der Waals surface area contributed by atoms with E-state index >= 15 is 0 Å². The lowest BCUT2D eigenvalue weighted by Gasteiger charge is -2.16. The van der Waals surface area contributed by atoms with Crippen molar-refractivity contribution in [1.82, 2.24) is 15.0 Å². The molecule has 1 N–H and O–H groups in total. The largest absolute Gasteiger partial charge is 0.450 e. The molecule has 6 heteroatoms. The average Bonchev–Trinajstić information content (AvgIpc) is 3.14. The highest BCUT2D eigenvalue weighted by molar-refractivity contribution is 7.09. The molecule has 0 spiro atoms. The molecular weight excluding hydrogens is 308 g/mol. The Morgan fingerprint density at radius 2 is 2.09 bits per heavy atom. The summed E-state index contributed by atoms with van der Waals surface area (Å²) in [5, 5.41) is 7.69. The first-order valence-electron chi connectivity index (χ1n) is 7.68. The van der Waals surface area contributed by atoms with E-state index in [4.69, 9.17) is 4.42 Å². The van der Waals surface area contributed by atoms with E-state index in [1.807, 2.05) is 35.8 Å². The van der Waals surface area contributed by atoms with Gasteiger partial charge in [-0.2, -0.15) is 0 Å². The molecule has 0 aliphatic heterocycles. The van der Waals surface area contributed by atoms with Crippen LogP contribution in [0.2, 0.25) is 0 Å². The Morgan fingerprint density at radius 3 is 2.91 bits per heavy atom. The molecule has 0 radical (unpaired) electrons. The average molecular weight is 322 g/mol. The van der Waals surface area contributed by atoms with Crippen molar-refractivity contribution in [1.29, 1.82) is 0 Å². The van der Waals surface area contributed by atoms with Crippen molar-refractivity contribution < 1.29 is 4.42 Å². The van der Waals surface area contributed by atoms with Gasteiger partial charge in [0.05, 0.1) is 6.04 Å². The highest BCUT2D eigenvalue weighted by Gasteiger charge is 2.34. The van der Waals surface area contributed by atoms with Crippen molar-refractivity contribution in [2.24, 2.45) is 5.92 Å². The van der Waals surface area contributed by atoms with Gasteiger partial charge in [0.1, 0.15) is 22.4 Å². The predicted molar refractivity (Wildman–Crippen MR) is 90.5 cm³/mol. The van der Waals surface area contributed by atoms with Crippen LogP contribution in [-0.2, 0) is 0 Å². The van der Waals surface area contributed by atoms with Gasteiger partial charge in [0, 0.05) is 17.0 Å². The summed E-state index contributed by atoms with van der Waals surface area (Å²) in [5.41, 5.74) is 2.41. The molecule has 0 amide bonds. The molecule has 1 aromatic carbocycles. The third kappa shape index (κ3) is 2.17. The monoisotopic (exact) mass is 322 g/mol. The van der Waals surface area contributed by atoms with Crippen LogP contribution in [0.3, 0.4) is 0 Å². The Labute approximate surface area is 136 Å². The number of benzene rings is 1. The number of hydrogen-bond acceptors (Lipinski definition) is 6. The Morgan fingerprint density at radius 1 is 1.17 bits per heavy atom. The Kier molecular flexibility index (Phi) is 2.84. The molecule has 1 fully saturated rings. The summed E-state index contributed by atoms with van der Waals surface area (Å²) in [6, 6.07) is 8.14. The lowest BCUT2D eigenvalue weighted by Crippen LogP contribution is -2.13. The van der Waals surface area contributed by atoms with E-state index in [0.29, 0.717) is 5.92 Å². The van der Waals surface area contributed by atoms with Gasteiger partial charge < -0.3 is 9.73 Å². The lowest BCUT2D eigenvalue weighted by atomic mass is 10.2. The smallest absolute Gasteiger partial charge is 0.196 e. The Balaban J connectivity index is 1.62. The van der Waals surface area contributed by atoms with E-state index in [-0.39, 0.29) is 6.04 Å². The fourth-order valence-corrected chi connectivity index (χ4v) is 3.75. The van der Waals surface area contributed by atoms with Gasteiger partial charge in [0.15, 0.2) is 11.4 Å². The number of thiazole rings is 1. The summed E-state index contributed by atoms with van der Waals surface area (Å²) >= 11 is 1.68. The maximum absolute atomic E-state index is 6.00. The van der Waals surface area contributed by atoms with Crippen molar-refractivity contribution in [3.05, 3.63) is 47.2 Å².